The molecule has 0 fully saturated rings. The van der Waals surface area contributed by atoms with E-state index in [1.807, 2.05) is 39.4 Å². The molecule has 1 amide bonds. The van der Waals surface area contributed by atoms with Gasteiger partial charge in [0.1, 0.15) is 19.3 Å². The van der Waals surface area contributed by atoms with E-state index in [0.717, 1.165) is 51.4 Å². The number of nitrogens with zero attached hydrogens (tertiary/aromatic N) is 1. The Bertz CT molecular complexity index is 1330. The molecule has 0 saturated heterocycles. The maximum atomic E-state index is 13.4. The van der Waals surface area contributed by atoms with Gasteiger partial charge in [0, 0.05) is 12.8 Å². The smallest absolute Gasteiger partial charge is 0.306 e. The van der Waals surface area contributed by atoms with E-state index in [4.69, 9.17) is 13.8 Å². The molecule has 0 spiro atoms. The molecule has 0 aliphatic carbocycles. The van der Waals surface area contributed by atoms with Crippen molar-refractivity contribution < 1.29 is 37.3 Å². The zero-order chi connectivity index (χ0) is 50.8. The van der Waals surface area contributed by atoms with Gasteiger partial charge < -0.3 is 28.5 Å². The lowest BCUT2D eigenvalue weighted by molar-refractivity contribution is -0.870. The first-order valence-corrected chi connectivity index (χ1v) is 30.4. The second-order valence-electron chi connectivity index (χ2n) is 20.8. The van der Waals surface area contributed by atoms with Gasteiger partial charge in [-0.1, -0.05) is 224 Å². The number of esters is 1. The van der Waals surface area contributed by atoms with E-state index in [2.05, 4.69) is 56.5 Å². The van der Waals surface area contributed by atoms with Crippen molar-refractivity contribution in [3.8, 4) is 0 Å². The number of unbranched alkanes of at least 4 members (excludes halogenated alkanes) is 30. The maximum Gasteiger partial charge on any atom is 0.306 e. The van der Waals surface area contributed by atoms with Crippen LogP contribution in [0, 0.1) is 0 Å². The summed E-state index contributed by atoms with van der Waals surface area (Å²) in [5.74, 6) is -0.618. The fourth-order valence-corrected chi connectivity index (χ4v) is 8.94. The molecule has 0 bridgehead atoms. The number of allylic oxidation sites excluding steroid dienone is 7. The maximum absolute atomic E-state index is 13.4. The Kier molecular flexibility index (Phi) is 48.1. The lowest BCUT2D eigenvalue weighted by atomic mass is 10.1. The fourth-order valence-electron chi connectivity index (χ4n) is 8.21. The zero-order valence-corrected chi connectivity index (χ0v) is 46.9. The van der Waals surface area contributed by atoms with E-state index in [0.29, 0.717) is 17.4 Å². The molecule has 0 aliphatic rings. The first-order valence-electron chi connectivity index (χ1n) is 28.9. The summed E-state index contributed by atoms with van der Waals surface area (Å²) in [4.78, 5) is 39.7. The number of carbonyl (C=O) groups excluding carboxylic acids is 2. The van der Waals surface area contributed by atoms with Crippen molar-refractivity contribution in [2.45, 2.75) is 277 Å². The third-order valence-corrected chi connectivity index (χ3v) is 13.7. The molecule has 0 aromatic carbocycles. The molecule has 9 nitrogen and oxygen atoms in total. The van der Waals surface area contributed by atoms with Crippen LogP contribution in [0.1, 0.15) is 265 Å². The van der Waals surface area contributed by atoms with E-state index >= 15 is 0 Å². The lowest BCUT2D eigenvalue weighted by Gasteiger charge is -2.30. The third kappa shape index (κ3) is 50.7. The minimum Gasteiger partial charge on any atom is -0.756 e. The number of rotatable bonds is 52. The third-order valence-electron chi connectivity index (χ3n) is 12.7. The number of quaternary nitrogens is 1. The van der Waals surface area contributed by atoms with Crippen LogP contribution < -0.4 is 10.2 Å². The van der Waals surface area contributed by atoms with Crippen LogP contribution in [0.2, 0.25) is 0 Å². The van der Waals surface area contributed by atoms with Crippen molar-refractivity contribution in [1.82, 2.24) is 5.32 Å². The Morgan fingerprint density at radius 2 is 0.899 bits per heavy atom. The number of amides is 1. The SMILES string of the molecule is CCCCCCCC/C=C\C/C=C/CCC(=O)NC(COP(=O)([O-])OCC[N+](C)(C)C)C(/C=C\CCCCCCCCCCC)OC(=O)CCCCCCCCCCC/C=C/CCCCCCCC. The van der Waals surface area contributed by atoms with Gasteiger partial charge in [0.2, 0.25) is 5.91 Å². The Hall–Kier alpha value is -2.03. The van der Waals surface area contributed by atoms with E-state index in [1.54, 1.807) is 0 Å². The Morgan fingerprint density at radius 3 is 1.35 bits per heavy atom. The molecule has 3 atom stereocenters. The van der Waals surface area contributed by atoms with Crippen LogP contribution in [0.3, 0.4) is 0 Å². The van der Waals surface area contributed by atoms with Crippen molar-refractivity contribution in [1.29, 1.82) is 0 Å². The van der Waals surface area contributed by atoms with Gasteiger partial charge in [-0.2, -0.15) is 0 Å². The molecule has 0 heterocycles. The van der Waals surface area contributed by atoms with E-state index in [1.165, 1.54) is 173 Å². The monoisotopic (exact) mass is 991 g/mol. The number of hydrogen-bond acceptors (Lipinski definition) is 7. The zero-order valence-electron chi connectivity index (χ0n) is 46.0. The number of likely N-dealkylation sites (N-methyl/N-ethyl adjacent to an activating group) is 1. The first-order chi connectivity index (χ1) is 33.4. The van der Waals surface area contributed by atoms with Gasteiger partial charge in [-0.05, 0) is 76.7 Å². The van der Waals surface area contributed by atoms with Crippen LogP contribution in [0.25, 0.3) is 0 Å². The predicted octanol–water partition coefficient (Wildman–Crippen LogP) is 16.7. The summed E-state index contributed by atoms with van der Waals surface area (Å²) < 4.78 is 30.2. The van der Waals surface area contributed by atoms with E-state index < -0.39 is 26.6 Å². The summed E-state index contributed by atoms with van der Waals surface area (Å²) in [6, 6.07) is -0.917. The van der Waals surface area contributed by atoms with Gasteiger partial charge in [0.05, 0.1) is 33.8 Å². The highest BCUT2D eigenvalue weighted by molar-refractivity contribution is 7.45. The molecule has 0 saturated carbocycles. The molecule has 0 radical (unpaired) electrons. The first kappa shape index (κ1) is 67.0. The van der Waals surface area contributed by atoms with Crippen LogP contribution in [-0.4, -0.2) is 69.4 Å². The molecule has 10 heteroatoms. The van der Waals surface area contributed by atoms with E-state index in [9.17, 15) is 19.0 Å². The van der Waals surface area contributed by atoms with Crippen molar-refractivity contribution in [3.05, 3.63) is 48.6 Å². The van der Waals surface area contributed by atoms with Gasteiger partial charge in [0.15, 0.2) is 0 Å². The highest BCUT2D eigenvalue weighted by atomic mass is 31.2. The molecule has 0 rings (SSSR count). The summed E-state index contributed by atoms with van der Waals surface area (Å²) in [5.41, 5.74) is 0. The summed E-state index contributed by atoms with van der Waals surface area (Å²) in [7, 11) is 1.15. The van der Waals surface area contributed by atoms with Crippen LogP contribution in [-0.2, 0) is 27.9 Å². The second kappa shape index (κ2) is 49.5. The summed E-state index contributed by atoms with van der Waals surface area (Å²) in [6.07, 6.45) is 59.5. The number of hydrogen-bond donors (Lipinski definition) is 1. The Balaban J connectivity index is 5.32. The quantitative estimate of drug-likeness (QED) is 0.0212. The predicted molar refractivity (Wildman–Crippen MR) is 293 cm³/mol. The van der Waals surface area contributed by atoms with Crippen molar-refractivity contribution in [2.75, 3.05) is 40.9 Å². The Morgan fingerprint density at radius 1 is 0.507 bits per heavy atom. The minimum absolute atomic E-state index is 0.0316. The van der Waals surface area contributed by atoms with Gasteiger partial charge in [-0.25, -0.2) is 0 Å². The number of phosphoric acid groups is 1. The molecule has 3 unspecified atom stereocenters. The minimum atomic E-state index is -4.70. The number of carbonyl (C=O) groups is 2. The Labute approximate surface area is 427 Å². The van der Waals surface area contributed by atoms with Crippen LogP contribution in [0.15, 0.2) is 48.6 Å². The largest absolute Gasteiger partial charge is 0.756 e. The highest BCUT2D eigenvalue weighted by Gasteiger charge is 2.27. The second-order valence-corrected chi connectivity index (χ2v) is 22.2. The molecule has 0 aromatic rings. The van der Waals surface area contributed by atoms with Gasteiger partial charge >= 0.3 is 5.97 Å². The van der Waals surface area contributed by atoms with Gasteiger partial charge in [-0.15, -0.1) is 0 Å². The summed E-state index contributed by atoms with van der Waals surface area (Å²) in [6.45, 7) is 6.78. The number of nitrogens with one attached hydrogen (secondary N) is 1. The number of ether oxygens (including phenoxy) is 1. The standard InChI is InChI=1S/C59H111N2O7P/c1-7-10-13-16-19-22-25-27-28-29-30-31-32-34-37-40-43-46-49-52-59(63)68-57(50-47-44-41-38-35-24-21-18-15-12-9-3)56(55-67-69(64,65)66-54-53-61(4,5)6)60-58(62)51-48-45-42-39-36-33-26-23-20-17-14-11-8-2/h27-28,33,36,42,45,47,50,56-57H,7-26,29-32,34-35,37-41,43-44,46,48-49,51-55H2,1-6H3,(H-,60,62,64,65)/b28-27+,36-33-,45-42+,50-47-. The topological polar surface area (TPSA) is 114 Å². The van der Waals surface area contributed by atoms with Crippen molar-refractivity contribution in [2.24, 2.45) is 0 Å². The lowest BCUT2D eigenvalue weighted by Crippen LogP contribution is -2.47. The van der Waals surface area contributed by atoms with Crippen LogP contribution in [0.4, 0.5) is 0 Å². The summed E-state index contributed by atoms with van der Waals surface area (Å²) >= 11 is 0. The normalized spacial score (nSPS) is 14.1. The van der Waals surface area contributed by atoms with Gasteiger partial charge in [0.25, 0.3) is 7.82 Å². The molecular weight excluding hydrogens is 880 g/mol. The molecular formula is C59H111N2O7P. The van der Waals surface area contributed by atoms with Gasteiger partial charge in [-0.3, -0.25) is 14.2 Å². The summed E-state index contributed by atoms with van der Waals surface area (Å²) in [5, 5.41) is 2.98. The number of phosphoric ester groups is 1. The van der Waals surface area contributed by atoms with Crippen LogP contribution in [0.5, 0.6) is 0 Å². The molecule has 69 heavy (non-hydrogen) atoms. The molecule has 404 valence electrons. The highest BCUT2D eigenvalue weighted by Crippen LogP contribution is 2.38. The van der Waals surface area contributed by atoms with Crippen LogP contribution >= 0.6 is 7.82 Å². The molecule has 1 N–H and O–H groups in total. The van der Waals surface area contributed by atoms with Crippen molar-refractivity contribution >= 4 is 19.7 Å². The van der Waals surface area contributed by atoms with Crippen molar-refractivity contribution in [3.63, 3.8) is 0 Å². The molecule has 0 aromatic heterocycles. The molecule has 0 aliphatic heterocycles. The van der Waals surface area contributed by atoms with E-state index in [-0.39, 0.29) is 31.3 Å². The fraction of sp³-hybridized carbons (Fsp3) is 0.831. The average molecular weight is 992 g/mol. The average Bonchev–Trinajstić information content (AvgIpc) is 3.31.